The Kier molecular flexibility index (Phi) is 5.24. The van der Waals surface area contributed by atoms with Gasteiger partial charge in [0.2, 0.25) is 0 Å². The van der Waals surface area contributed by atoms with Crippen LogP contribution < -0.4 is 5.32 Å². The molecule has 0 saturated heterocycles. The maximum atomic E-state index is 12.5. The zero-order valence-corrected chi connectivity index (χ0v) is 13.3. The lowest BCUT2D eigenvalue weighted by Gasteiger charge is -2.10. The van der Waals surface area contributed by atoms with E-state index in [1.54, 1.807) is 23.5 Å². The van der Waals surface area contributed by atoms with E-state index < -0.39 is 5.76 Å². The van der Waals surface area contributed by atoms with E-state index in [0.29, 0.717) is 23.2 Å². The second-order valence-corrected chi connectivity index (χ2v) is 7.07. The molecule has 19 heavy (non-hydrogen) atoms. The molecule has 0 radical (unpaired) electrons. The Morgan fingerprint density at radius 2 is 2.11 bits per heavy atom. The van der Waals surface area contributed by atoms with Crippen LogP contribution in [0.4, 0.5) is 14.5 Å². The van der Waals surface area contributed by atoms with Crippen LogP contribution in [0.15, 0.2) is 39.7 Å². The fraction of sp³-hybridized carbons (Fsp3) is 0.231. The number of halogens is 3. The molecule has 1 aromatic carbocycles. The SMILES string of the molecule is Cc1sc(CNc2ccccc2SC(F)F)cc1Br. The second kappa shape index (κ2) is 6.72. The van der Waals surface area contributed by atoms with Crippen LogP contribution in [0.1, 0.15) is 9.75 Å². The summed E-state index contributed by atoms with van der Waals surface area (Å²) in [5, 5.41) is 3.21. The summed E-state index contributed by atoms with van der Waals surface area (Å²) in [6, 6.07) is 9.18. The van der Waals surface area contributed by atoms with Crippen LogP contribution in [-0.4, -0.2) is 5.76 Å². The molecule has 0 aliphatic carbocycles. The summed E-state index contributed by atoms with van der Waals surface area (Å²) in [6.07, 6.45) is 0. The highest BCUT2D eigenvalue weighted by molar-refractivity contribution is 9.10. The van der Waals surface area contributed by atoms with Crippen LogP contribution in [0.3, 0.4) is 0 Å². The van der Waals surface area contributed by atoms with Gasteiger partial charge in [0.15, 0.2) is 0 Å². The Morgan fingerprint density at radius 3 is 2.74 bits per heavy atom. The number of hydrogen-bond donors (Lipinski definition) is 1. The summed E-state index contributed by atoms with van der Waals surface area (Å²) >= 11 is 5.72. The van der Waals surface area contributed by atoms with Gasteiger partial charge in [-0.1, -0.05) is 23.9 Å². The first kappa shape index (κ1) is 14.8. The van der Waals surface area contributed by atoms with Crippen molar-refractivity contribution in [3.63, 3.8) is 0 Å². The quantitative estimate of drug-likeness (QED) is 0.679. The third-order valence-electron chi connectivity index (χ3n) is 2.46. The molecule has 102 valence electrons. The highest BCUT2D eigenvalue weighted by Gasteiger charge is 2.10. The van der Waals surface area contributed by atoms with Crippen molar-refractivity contribution in [2.75, 3.05) is 5.32 Å². The summed E-state index contributed by atoms with van der Waals surface area (Å²) in [4.78, 5) is 2.96. The molecule has 2 rings (SSSR count). The molecule has 0 unspecified atom stereocenters. The number of rotatable bonds is 5. The maximum absolute atomic E-state index is 12.5. The van der Waals surface area contributed by atoms with E-state index in [2.05, 4.69) is 27.3 Å². The normalized spacial score (nSPS) is 11.0. The second-order valence-electron chi connectivity index (χ2n) is 3.85. The summed E-state index contributed by atoms with van der Waals surface area (Å²) < 4.78 is 26.0. The third kappa shape index (κ3) is 4.19. The van der Waals surface area contributed by atoms with Crippen molar-refractivity contribution in [1.29, 1.82) is 0 Å². The number of hydrogen-bond acceptors (Lipinski definition) is 3. The van der Waals surface area contributed by atoms with Gasteiger partial charge in [-0.05, 0) is 41.1 Å². The van der Waals surface area contributed by atoms with Crippen LogP contribution in [0, 0.1) is 6.92 Å². The van der Waals surface area contributed by atoms with Crippen LogP contribution >= 0.6 is 39.0 Å². The van der Waals surface area contributed by atoms with E-state index >= 15 is 0 Å². The molecule has 0 saturated carbocycles. The number of para-hydroxylation sites is 1. The largest absolute Gasteiger partial charge is 0.379 e. The molecule has 0 atom stereocenters. The fourth-order valence-electron chi connectivity index (χ4n) is 1.60. The van der Waals surface area contributed by atoms with Crippen LogP contribution in [0.25, 0.3) is 0 Å². The van der Waals surface area contributed by atoms with Gasteiger partial charge in [0.05, 0.1) is 0 Å². The van der Waals surface area contributed by atoms with Crippen molar-refractivity contribution >= 4 is 44.7 Å². The van der Waals surface area contributed by atoms with Crippen LogP contribution in [0.2, 0.25) is 0 Å². The van der Waals surface area contributed by atoms with E-state index in [1.165, 1.54) is 9.75 Å². The molecule has 0 bridgehead atoms. The van der Waals surface area contributed by atoms with Gasteiger partial charge in [0.1, 0.15) is 0 Å². The summed E-state index contributed by atoms with van der Waals surface area (Å²) in [5.41, 5.74) is 0.745. The molecule has 0 fully saturated rings. The standard InChI is InChI=1S/C13H12BrF2NS2/c1-8-10(14)6-9(18-8)7-17-11-4-2-3-5-12(11)19-13(15)16/h2-6,13,17H,7H2,1H3. The molecule has 0 spiro atoms. The molecule has 2 aromatic rings. The molecule has 1 nitrogen and oxygen atoms in total. The Hall–Kier alpha value is -0.590. The number of thiophene rings is 1. The Labute approximate surface area is 127 Å². The first-order valence-corrected chi connectivity index (χ1v) is 8.07. The highest BCUT2D eigenvalue weighted by Crippen LogP contribution is 2.32. The number of anilines is 1. The van der Waals surface area contributed by atoms with Gasteiger partial charge in [-0.2, -0.15) is 8.78 Å². The minimum Gasteiger partial charge on any atom is -0.379 e. The van der Waals surface area contributed by atoms with Crippen molar-refractivity contribution in [2.45, 2.75) is 24.1 Å². The van der Waals surface area contributed by atoms with Gasteiger partial charge in [-0.25, -0.2) is 0 Å². The minimum absolute atomic E-state index is 0.567. The van der Waals surface area contributed by atoms with Crippen molar-refractivity contribution in [2.24, 2.45) is 0 Å². The number of aryl methyl sites for hydroxylation is 1. The van der Waals surface area contributed by atoms with Crippen molar-refractivity contribution in [3.05, 3.63) is 44.6 Å². The van der Waals surface area contributed by atoms with E-state index in [4.69, 9.17) is 0 Å². The summed E-state index contributed by atoms with van der Waals surface area (Å²) in [6.45, 7) is 2.68. The van der Waals surface area contributed by atoms with Gasteiger partial charge >= 0.3 is 0 Å². The molecule has 1 N–H and O–H groups in total. The van der Waals surface area contributed by atoms with Crippen molar-refractivity contribution in [1.82, 2.24) is 0 Å². The fourth-order valence-corrected chi connectivity index (χ4v) is 3.76. The summed E-state index contributed by atoms with van der Waals surface area (Å²) in [5.74, 6) is -2.40. The molecular weight excluding hydrogens is 352 g/mol. The first-order chi connectivity index (χ1) is 9.06. The lowest BCUT2D eigenvalue weighted by Crippen LogP contribution is -1.99. The third-order valence-corrected chi connectivity index (χ3v) is 5.39. The van der Waals surface area contributed by atoms with Gasteiger partial charge < -0.3 is 5.32 Å². The molecule has 0 amide bonds. The number of thioether (sulfide) groups is 1. The molecule has 6 heteroatoms. The molecular formula is C13H12BrF2NS2. The van der Waals surface area contributed by atoms with Crippen LogP contribution in [0.5, 0.6) is 0 Å². The predicted octanol–water partition coefficient (Wildman–Crippen LogP) is 5.75. The average Bonchev–Trinajstić information content (AvgIpc) is 2.67. The van der Waals surface area contributed by atoms with Gasteiger partial charge in [-0.15, -0.1) is 11.3 Å². The predicted molar refractivity (Wildman–Crippen MR) is 82.4 cm³/mol. The molecule has 0 aliphatic heterocycles. The maximum Gasteiger partial charge on any atom is 0.288 e. The smallest absolute Gasteiger partial charge is 0.288 e. The van der Waals surface area contributed by atoms with Gasteiger partial charge in [-0.3, -0.25) is 0 Å². The summed E-state index contributed by atoms with van der Waals surface area (Å²) in [7, 11) is 0. The molecule has 1 aromatic heterocycles. The Balaban J connectivity index is 2.06. The molecule has 1 heterocycles. The topological polar surface area (TPSA) is 12.0 Å². The van der Waals surface area contributed by atoms with Gasteiger partial charge in [0, 0.05) is 31.4 Å². The first-order valence-electron chi connectivity index (χ1n) is 5.59. The van der Waals surface area contributed by atoms with Gasteiger partial charge in [0.25, 0.3) is 5.76 Å². The Bertz CT molecular complexity index is 538. The van der Waals surface area contributed by atoms with Crippen LogP contribution in [-0.2, 0) is 6.54 Å². The van der Waals surface area contributed by atoms with E-state index in [0.717, 1.165) is 10.2 Å². The Morgan fingerprint density at radius 1 is 1.37 bits per heavy atom. The molecule has 0 aliphatic rings. The average molecular weight is 364 g/mol. The van der Waals surface area contributed by atoms with Crippen molar-refractivity contribution in [3.8, 4) is 0 Å². The van der Waals surface area contributed by atoms with E-state index in [1.807, 2.05) is 19.1 Å². The number of benzene rings is 1. The van der Waals surface area contributed by atoms with Crippen molar-refractivity contribution < 1.29 is 8.78 Å². The highest BCUT2D eigenvalue weighted by atomic mass is 79.9. The zero-order valence-electron chi connectivity index (χ0n) is 10.1. The lowest BCUT2D eigenvalue weighted by atomic mass is 10.3. The van der Waals surface area contributed by atoms with E-state index in [9.17, 15) is 8.78 Å². The lowest BCUT2D eigenvalue weighted by molar-refractivity contribution is 0.252. The number of nitrogens with one attached hydrogen (secondary N) is 1. The number of alkyl halides is 2. The van der Waals surface area contributed by atoms with E-state index in [-0.39, 0.29) is 0 Å². The minimum atomic E-state index is -2.40. The zero-order chi connectivity index (χ0) is 13.8. The monoisotopic (exact) mass is 363 g/mol.